The van der Waals surface area contributed by atoms with Crippen LogP contribution in [0, 0.1) is 6.92 Å². The first-order valence-electron chi connectivity index (χ1n) is 9.35. The van der Waals surface area contributed by atoms with Crippen molar-refractivity contribution in [1.29, 1.82) is 0 Å². The Labute approximate surface area is 182 Å². The number of rotatable bonds is 6. The minimum absolute atomic E-state index is 0.0611. The Bertz CT molecular complexity index is 1220. The largest absolute Gasteiger partial charge is 0.352 e. The van der Waals surface area contributed by atoms with Gasteiger partial charge in [0.25, 0.3) is 11.5 Å². The van der Waals surface area contributed by atoms with E-state index in [1.807, 2.05) is 13.8 Å². The number of aryl methyl sites for hydroxylation is 1. The van der Waals surface area contributed by atoms with Crippen LogP contribution in [0.3, 0.4) is 0 Å². The van der Waals surface area contributed by atoms with Crippen molar-refractivity contribution in [2.75, 3.05) is 6.54 Å². The van der Waals surface area contributed by atoms with E-state index >= 15 is 0 Å². The number of hydrogen-bond donors (Lipinski definition) is 1. The molecular weight excluding hydrogens is 427 g/mol. The highest BCUT2D eigenvalue weighted by molar-refractivity contribution is 6.31. The first-order chi connectivity index (χ1) is 14.3. The third kappa shape index (κ3) is 4.63. The van der Waals surface area contributed by atoms with Gasteiger partial charge < -0.3 is 5.32 Å². The summed E-state index contributed by atoms with van der Waals surface area (Å²) >= 11 is 12.2. The number of carbonyl (C=O) groups excluding carboxylic acids is 1. The van der Waals surface area contributed by atoms with Gasteiger partial charge in [-0.3, -0.25) is 14.2 Å². The second-order valence-electron chi connectivity index (χ2n) is 6.75. The van der Waals surface area contributed by atoms with Crippen LogP contribution in [0.15, 0.2) is 52.1 Å². The van der Waals surface area contributed by atoms with Gasteiger partial charge in [0.1, 0.15) is 0 Å². The number of carbonyl (C=O) groups is 1. The third-order valence-electron chi connectivity index (χ3n) is 4.44. The first kappa shape index (κ1) is 21.8. The normalized spacial score (nSPS) is 10.8. The van der Waals surface area contributed by atoms with Gasteiger partial charge in [-0.1, -0.05) is 48.3 Å². The highest BCUT2D eigenvalue weighted by Crippen LogP contribution is 2.18. The maximum absolute atomic E-state index is 13.1. The van der Waals surface area contributed by atoms with Gasteiger partial charge in [0.2, 0.25) is 5.69 Å². The summed E-state index contributed by atoms with van der Waals surface area (Å²) in [5.74, 6) is -0.645. The molecule has 0 saturated carbocycles. The summed E-state index contributed by atoms with van der Waals surface area (Å²) in [5.41, 5.74) is -0.0281. The molecule has 0 aliphatic rings. The fourth-order valence-corrected chi connectivity index (χ4v) is 3.21. The van der Waals surface area contributed by atoms with Crippen molar-refractivity contribution in [3.05, 3.63) is 90.2 Å². The van der Waals surface area contributed by atoms with Crippen molar-refractivity contribution in [1.82, 2.24) is 19.7 Å². The molecule has 3 rings (SSSR count). The van der Waals surface area contributed by atoms with Gasteiger partial charge in [-0.25, -0.2) is 4.79 Å². The SMILES string of the molecule is CCCNC(=O)c1nn(-c2ccc(C)c(Cl)c2)c(=O)n(Cc2cccc(Cl)c2)c1=O. The molecule has 0 saturated heterocycles. The predicted octanol–water partition coefficient (Wildman–Crippen LogP) is 3.20. The van der Waals surface area contributed by atoms with Crippen molar-refractivity contribution in [2.24, 2.45) is 0 Å². The Morgan fingerprint density at radius 1 is 1.13 bits per heavy atom. The molecule has 0 radical (unpaired) electrons. The van der Waals surface area contributed by atoms with Crippen LogP contribution in [0.5, 0.6) is 0 Å². The average molecular weight is 447 g/mol. The second kappa shape index (κ2) is 9.28. The summed E-state index contributed by atoms with van der Waals surface area (Å²) in [7, 11) is 0. The molecule has 7 nitrogen and oxygen atoms in total. The number of hydrogen-bond acceptors (Lipinski definition) is 4. The topological polar surface area (TPSA) is 86.0 Å². The quantitative estimate of drug-likeness (QED) is 0.629. The molecule has 2 aromatic carbocycles. The van der Waals surface area contributed by atoms with Crippen LogP contribution in [0.1, 0.15) is 35.0 Å². The fraction of sp³-hybridized carbons (Fsp3) is 0.238. The van der Waals surface area contributed by atoms with E-state index in [2.05, 4.69) is 10.4 Å². The van der Waals surface area contributed by atoms with Gasteiger partial charge in [0, 0.05) is 16.6 Å². The molecule has 1 heterocycles. The second-order valence-corrected chi connectivity index (χ2v) is 7.60. The van der Waals surface area contributed by atoms with Crippen molar-refractivity contribution in [3.63, 3.8) is 0 Å². The molecular formula is C21H20Cl2N4O3. The molecule has 0 atom stereocenters. The lowest BCUT2D eigenvalue weighted by Gasteiger charge is -2.13. The van der Waals surface area contributed by atoms with E-state index in [0.29, 0.717) is 34.3 Å². The van der Waals surface area contributed by atoms with Gasteiger partial charge >= 0.3 is 5.69 Å². The zero-order valence-electron chi connectivity index (χ0n) is 16.5. The summed E-state index contributed by atoms with van der Waals surface area (Å²) in [6, 6.07) is 11.7. The molecule has 0 unspecified atom stereocenters. The number of amides is 1. The zero-order valence-corrected chi connectivity index (χ0v) is 18.0. The summed E-state index contributed by atoms with van der Waals surface area (Å²) in [6.07, 6.45) is 0.690. The van der Waals surface area contributed by atoms with Gasteiger partial charge in [-0.15, -0.1) is 0 Å². The Hall–Kier alpha value is -2.90. The molecule has 1 N–H and O–H groups in total. The molecule has 156 valence electrons. The van der Waals surface area contributed by atoms with E-state index in [0.717, 1.165) is 14.8 Å². The molecule has 0 spiro atoms. The summed E-state index contributed by atoms with van der Waals surface area (Å²) in [6.45, 7) is 4.03. The Balaban J connectivity index is 2.21. The summed E-state index contributed by atoms with van der Waals surface area (Å²) < 4.78 is 1.98. The number of benzene rings is 2. The van der Waals surface area contributed by atoms with Gasteiger partial charge in [0.15, 0.2) is 0 Å². The fourth-order valence-electron chi connectivity index (χ4n) is 2.82. The number of halogens is 2. The molecule has 30 heavy (non-hydrogen) atoms. The smallest absolute Gasteiger partial charge is 0.350 e. The molecule has 9 heteroatoms. The average Bonchev–Trinajstić information content (AvgIpc) is 2.71. The van der Waals surface area contributed by atoms with Crippen molar-refractivity contribution in [2.45, 2.75) is 26.8 Å². The summed E-state index contributed by atoms with van der Waals surface area (Å²) in [5, 5.41) is 7.60. The highest BCUT2D eigenvalue weighted by atomic mass is 35.5. The van der Waals surface area contributed by atoms with Gasteiger partial charge in [-0.05, 0) is 48.7 Å². The van der Waals surface area contributed by atoms with Crippen molar-refractivity contribution in [3.8, 4) is 5.69 Å². The van der Waals surface area contributed by atoms with Crippen LogP contribution in [0.25, 0.3) is 5.69 Å². The van der Waals surface area contributed by atoms with E-state index < -0.39 is 17.2 Å². The molecule has 0 bridgehead atoms. The Morgan fingerprint density at radius 2 is 1.90 bits per heavy atom. The minimum atomic E-state index is -0.775. The van der Waals surface area contributed by atoms with Crippen LogP contribution in [-0.4, -0.2) is 26.8 Å². The first-order valence-corrected chi connectivity index (χ1v) is 10.1. The van der Waals surface area contributed by atoms with Gasteiger partial charge in [0.05, 0.1) is 12.2 Å². The number of nitrogens with zero attached hydrogens (tertiary/aromatic N) is 3. The van der Waals surface area contributed by atoms with Crippen LogP contribution < -0.4 is 16.6 Å². The van der Waals surface area contributed by atoms with Crippen molar-refractivity contribution >= 4 is 29.1 Å². The van der Waals surface area contributed by atoms with E-state index in [-0.39, 0.29) is 12.2 Å². The number of nitrogens with one attached hydrogen (secondary N) is 1. The van der Waals surface area contributed by atoms with E-state index in [1.54, 1.807) is 42.5 Å². The minimum Gasteiger partial charge on any atom is -0.350 e. The standard InChI is InChI=1S/C21H20Cl2N4O3/c1-3-9-24-19(28)18-20(29)26(12-14-5-4-6-15(22)10-14)21(30)27(25-18)16-8-7-13(2)17(23)11-16/h4-8,10-11H,3,9,12H2,1-2H3,(H,24,28). The molecule has 0 aliphatic carbocycles. The number of aromatic nitrogens is 3. The van der Waals surface area contributed by atoms with Crippen LogP contribution in [0.2, 0.25) is 10.0 Å². The predicted molar refractivity (Wildman–Crippen MR) is 117 cm³/mol. The lowest BCUT2D eigenvalue weighted by Crippen LogP contribution is -2.46. The van der Waals surface area contributed by atoms with E-state index in [9.17, 15) is 14.4 Å². The Morgan fingerprint density at radius 3 is 2.57 bits per heavy atom. The zero-order chi connectivity index (χ0) is 21.8. The molecule has 0 fully saturated rings. The van der Waals surface area contributed by atoms with E-state index in [1.165, 1.54) is 0 Å². The lowest BCUT2D eigenvalue weighted by atomic mass is 10.2. The van der Waals surface area contributed by atoms with Crippen molar-refractivity contribution < 1.29 is 4.79 Å². The van der Waals surface area contributed by atoms with Crippen LogP contribution in [0.4, 0.5) is 0 Å². The molecule has 1 amide bonds. The van der Waals surface area contributed by atoms with Crippen LogP contribution >= 0.6 is 23.2 Å². The van der Waals surface area contributed by atoms with E-state index in [4.69, 9.17) is 23.2 Å². The lowest BCUT2D eigenvalue weighted by molar-refractivity contribution is 0.0944. The van der Waals surface area contributed by atoms with Crippen LogP contribution in [-0.2, 0) is 6.54 Å². The molecule has 0 aliphatic heterocycles. The highest BCUT2D eigenvalue weighted by Gasteiger charge is 2.20. The summed E-state index contributed by atoms with van der Waals surface area (Å²) in [4.78, 5) is 38.6. The maximum atomic E-state index is 13.1. The monoisotopic (exact) mass is 446 g/mol. The maximum Gasteiger partial charge on any atom is 0.352 e. The Kier molecular flexibility index (Phi) is 6.74. The molecule has 1 aromatic heterocycles. The third-order valence-corrected chi connectivity index (χ3v) is 5.08. The van der Waals surface area contributed by atoms with Gasteiger partial charge in [-0.2, -0.15) is 9.78 Å². The molecule has 3 aromatic rings.